The van der Waals surface area contributed by atoms with Crippen LogP contribution >= 0.6 is 0 Å². The largest absolute Gasteiger partial charge is 0.386 e. The van der Waals surface area contributed by atoms with Gasteiger partial charge in [-0.2, -0.15) is 0 Å². The lowest BCUT2D eigenvalue weighted by Crippen LogP contribution is -2.19. The standard InChI is InChI=1S/C24H22O2/c1-23(2,25)13-12-17-15-8-5-6-9-16(15)20-14-21(24(3,4)26)19-11-7-10-18(17)22(19)20/h5-11,14,25-26H,1-4H3. The van der Waals surface area contributed by atoms with Gasteiger partial charge in [-0.25, -0.2) is 0 Å². The van der Waals surface area contributed by atoms with Crippen molar-refractivity contribution in [1.82, 2.24) is 0 Å². The Labute approximate surface area is 153 Å². The fourth-order valence-corrected chi connectivity index (χ4v) is 3.72. The van der Waals surface area contributed by atoms with Gasteiger partial charge in [0.15, 0.2) is 0 Å². The van der Waals surface area contributed by atoms with E-state index >= 15 is 0 Å². The van der Waals surface area contributed by atoms with Crippen molar-refractivity contribution in [3.8, 4) is 11.8 Å². The Bertz CT molecular complexity index is 1140. The van der Waals surface area contributed by atoms with Gasteiger partial charge in [0.1, 0.15) is 5.60 Å². The molecular weight excluding hydrogens is 320 g/mol. The molecule has 3 aromatic carbocycles. The first-order chi connectivity index (χ1) is 12.2. The monoisotopic (exact) mass is 342 g/mol. The van der Waals surface area contributed by atoms with Crippen LogP contribution in [0.2, 0.25) is 0 Å². The topological polar surface area (TPSA) is 40.5 Å². The molecule has 4 rings (SSSR count). The molecular formula is C24H22O2. The molecule has 0 fully saturated rings. The Morgan fingerprint density at radius 3 is 2.12 bits per heavy atom. The van der Waals surface area contributed by atoms with Crippen molar-refractivity contribution in [2.75, 3.05) is 0 Å². The van der Waals surface area contributed by atoms with Crippen molar-refractivity contribution >= 4 is 33.2 Å². The molecule has 2 nitrogen and oxygen atoms in total. The van der Waals surface area contributed by atoms with Gasteiger partial charge >= 0.3 is 0 Å². The van der Waals surface area contributed by atoms with E-state index in [9.17, 15) is 10.2 Å². The van der Waals surface area contributed by atoms with E-state index in [0.717, 1.165) is 43.8 Å². The van der Waals surface area contributed by atoms with Gasteiger partial charge in [0, 0.05) is 5.56 Å². The number of rotatable bonds is 1. The van der Waals surface area contributed by atoms with E-state index in [2.05, 4.69) is 42.2 Å². The minimum Gasteiger partial charge on any atom is -0.386 e. The highest BCUT2D eigenvalue weighted by Crippen LogP contribution is 2.45. The van der Waals surface area contributed by atoms with Crippen LogP contribution in [0, 0.1) is 11.8 Å². The summed E-state index contributed by atoms with van der Waals surface area (Å²) in [6.07, 6.45) is 2.10. The first kappa shape index (κ1) is 16.8. The van der Waals surface area contributed by atoms with E-state index in [1.165, 1.54) is 0 Å². The Morgan fingerprint density at radius 1 is 0.808 bits per heavy atom. The molecule has 0 radical (unpaired) electrons. The van der Waals surface area contributed by atoms with Crippen molar-refractivity contribution in [2.45, 2.75) is 38.9 Å². The molecule has 0 heterocycles. The molecule has 2 heteroatoms. The zero-order valence-electron chi connectivity index (χ0n) is 15.5. The number of aliphatic hydroxyl groups is 2. The van der Waals surface area contributed by atoms with E-state index < -0.39 is 11.2 Å². The lowest BCUT2D eigenvalue weighted by Gasteiger charge is -2.20. The molecule has 0 amide bonds. The van der Waals surface area contributed by atoms with Gasteiger partial charge in [-0.05, 0) is 72.0 Å². The second-order valence-corrected chi connectivity index (χ2v) is 7.99. The van der Waals surface area contributed by atoms with E-state index in [4.69, 9.17) is 0 Å². The van der Waals surface area contributed by atoms with Crippen LogP contribution in [-0.4, -0.2) is 21.4 Å². The molecule has 1 aliphatic rings. The molecule has 0 bridgehead atoms. The lowest BCUT2D eigenvalue weighted by molar-refractivity contribution is 0.143. The smallest absolute Gasteiger partial charge is 0.120 e. The summed E-state index contributed by atoms with van der Waals surface area (Å²) in [4.78, 5) is 0. The zero-order valence-corrected chi connectivity index (χ0v) is 15.5. The van der Waals surface area contributed by atoms with Crippen LogP contribution in [-0.2, 0) is 0 Å². The maximum absolute atomic E-state index is 10.7. The second-order valence-electron chi connectivity index (χ2n) is 7.99. The Balaban J connectivity index is 2.18. The number of hydrogen-bond acceptors (Lipinski definition) is 2. The summed E-state index contributed by atoms with van der Waals surface area (Å²) >= 11 is 0. The van der Waals surface area contributed by atoms with E-state index in [-0.39, 0.29) is 0 Å². The van der Waals surface area contributed by atoms with Crippen LogP contribution in [0.3, 0.4) is 0 Å². The minimum atomic E-state index is -1.06. The summed E-state index contributed by atoms with van der Waals surface area (Å²) in [6.45, 7) is 7.02. The van der Waals surface area contributed by atoms with Gasteiger partial charge in [-0.3, -0.25) is 0 Å². The van der Waals surface area contributed by atoms with Gasteiger partial charge in [0.2, 0.25) is 0 Å². The molecule has 130 valence electrons. The average Bonchev–Trinajstić information content (AvgIpc) is 2.95. The van der Waals surface area contributed by atoms with Crippen molar-refractivity contribution in [3.63, 3.8) is 0 Å². The maximum atomic E-state index is 10.7. The first-order valence-electron chi connectivity index (χ1n) is 8.85. The predicted molar refractivity (Wildman–Crippen MR) is 109 cm³/mol. The number of benzene rings is 3. The highest BCUT2D eigenvalue weighted by atomic mass is 16.3. The number of hydrogen-bond donors (Lipinski definition) is 2. The summed E-state index contributed by atoms with van der Waals surface area (Å²) < 4.78 is 0. The molecule has 1 aliphatic carbocycles. The molecule has 2 N–H and O–H groups in total. The van der Waals surface area contributed by atoms with Crippen LogP contribution in [0.15, 0.2) is 42.5 Å². The normalized spacial score (nSPS) is 13.7. The molecule has 0 unspecified atom stereocenters. The molecule has 0 aromatic heterocycles. The third kappa shape index (κ3) is 2.61. The summed E-state index contributed by atoms with van der Waals surface area (Å²) in [5.74, 6) is 6.18. The second kappa shape index (κ2) is 5.45. The fraction of sp³-hybridized carbons (Fsp3) is 0.250. The van der Waals surface area contributed by atoms with Gasteiger partial charge < -0.3 is 10.2 Å². The van der Waals surface area contributed by atoms with Crippen LogP contribution in [0.25, 0.3) is 33.2 Å². The van der Waals surface area contributed by atoms with Crippen LogP contribution < -0.4 is 0 Å². The molecule has 3 aromatic rings. The van der Waals surface area contributed by atoms with Gasteiger partial charge in [0.05, 0.1) is 5.60 Å². The van der Waals surface area contributed by atoms with Crippen molar-refractivity contribution in [2.24, 2.45) is 0 Å². The predicted octanol–water partition coefficient (Wildman–Crippen LogP) is 4.74. The van der Waals surface area contributed by atoms with Gasteiger partial charge in [0.25, 0.3) is 0 Å². The summed E-state index contributed by atoms with van der Waals surface area (Å²) in [6, 6.07) is 14.3. The maximum Gasteiger partial charge on any atom is 0.120 e. The van der Waals surface area contributed by atoms with E-state index in [0.29, 0.717) is 0 Å². The van der Waals surface area contributed by atoms with E-state index in [1.807, 2.05) is 32.0 Å². The van der Waals surface area contributed by atoms with Crippen molar-refractivity contribution < 1.29 is 10.2 Å². The Hall–Kier alpha value is -2.60. The van der Waals surface area contributed by atoms with Crippen LogP contribution in [0.4, 0.5) is 0 Å². The summed E-state index contributed by atoms with van der Waals surface area (Å²) in [7, 11) is 0. The van der Waals surface area contributed by atoms with Gasteiger partial charge in [-0.1, -0.05) is 54.3 Å². The molecule has 0 aliphatic heterocycles. The SMILES string of the molecule is CC(C)(O)C#Cc1c2ccccc2c2c3c(cccc13)C(C(C)(C)O)=C2. The lowest BCUT2D eigenvalue weighted by atomic mass is 9.90. The molecule has 0 spiro atoms. The van der Waals surface area contributed by atoms with Crippen molar-refractivity contribution in [3.05, 3.63) is 59.2 Å². The van der Waals surface area contributed by atoms with Crippen molar-refractivity contribution in [1.29, 1.82) is 0 Å². The number of fused-ring (bicyclic) bond motifs is 2. The zero-order chi connectivity index (χ0) is 18.7. The van der Waals surface area contributed by atoms with E-state index in [1.54, 1.807) is 13.8 Å². The highest BCUT2D eigenvalue weighted by Gasteiger charge is 2.29. The Morgan fingerprint density at radius 2 is 1.46 bits per heavy atom. The molecule has 26 heavy (non-hydrogen) atoms. The third-order valence-corrected chi connectivity index (χ3v) is 4.82. The fourth-order valence-electron chi connectivity index (χ4n) is 3.72. The highest BCUT2D eigenvalue weighted by molar-refractivity contribution is 6.20. The first-order valence-corrected chi connectivity index (χ1v) is 8.85. The molecule has 0 atom stereocenters. The third-order valence-electron chi connectivity index (χ3n) is 4.82. The van der Waals surface area contributed by atoms with Crippen LogP contribution in [0.5, 0.6) is 0 Å². The Kier molecular flexibility index (Phi) is 3.53. The summed E-state index contributed by atoms with van der Waals surface area (Å²) in [5, 5.41) is 25.1. The molecule has 0 saturated carbocycles. The quantitative estimate of drug-likeness (QED) is 0.495. The van der Waals surface area contributed by atoms with Crippen LogP contribution in [0.1, 0.15) is 44.4 Å². The summed E-state index contributed by atoms with van der Waals surface area (Å²) in [5.41, 5.74) is 2.07. The van der Waals surface area contributed by atoms with Gasteiger partial charge in [-0.15, -0.1) is 0 Å². The average molecular weight is 342 g/mol. The minimum absolute atomic E-state index is 0.923. The molecule has 0 saturated heterocycles.